The van der Waals surface area contributed by atoms with Gasteiger partial charge in [-0.15, -0.1) is 0 Å². The van der Waals surface area contributed by atoms with Gasteiger partial charge in [0.15, 0.2) is 0 Å². The fourth-order valence-electron chi connectivity index (χ4n) is 3.63. The summed E-state index contributed by atoms with van der Waals surface area (Å²) < 4.78 is 0. The summed E-state index contributed by atoms with van der Waals surface area (Å²) in [4.78, 5) is 31.6. The smallest absolute Gasteiger partial charge is 0.269 e. The van der Waals surface area contributed by atoms with Crippen LogP contribution in [0, 0.1) is 17.0 Å². The van der Waals surface area contributed by atoms with Crippen molar-refractivity contribution >= 4 is 34.4 Å². The summed E-state index contributed by atoms with van der Waals surface area (Å²) in [6.07, 6.45) is 3.21. The number of nitro groups is 1. The van der Waals surface area contributed by atoms with Gasteiger partial charge in [0.2, 0.25) is 5.91 Å². The maximum atomic E-state index is 12.5. The summed E-state index contributed by atoms with van der Waals surface area (Å²) in [7, 11) is 0. The maximum absolute atomic E-state index is 12.5. The average Bonchev–Trinajstić information content (AvgIpc) is 2.78. The minimum atomic E-state index is -0.440. The highest BCUT2D eigenvalue weighted by Crippen LogP contribution is 2.23. The Balaban J connectivity index is 1.38. The number of para-hydroxylation sites is 1. The van der Waals surface area contributed by atoms with Gasteiger partial charge < -0.3 is 9.80 Å². The molecule has 0 N–H and O–H groups in total. The molecule has 0 atom stereocenters. The Hall–Kier alpha value is -3.74. The molecule has 0 unspecified atom stereocenters. The summed E-state index contributed by atoms with van der Waals surface area (Å²) in [5.74, 6) is 0.885. The number of nitrogens with zero attached hydrogens (tertiary/aromatic N) is 4. The van der Waals surface area contributed by atoms with E-state index in [0.717, 1.165) is 35.4 Å². The van der Waals surface area contributed by atoms with Crippen LogP contribution in [-0.2, 0) is 4.79 Å². The van der Waals surface area contributed by atoms with Crippen molar-refractivity contribution in [2.75, 3.05) is 31.1 Å². The van der Waals surface area contributed by atoms with E-state index in [-0.39, 0.29) is 11.6 Å². The molecule has 152 valence electrons. The highest BCUT2D eigenvalue weighted by Gasteiger charge is 2.21. The third-order valence-corrected chi connectivity index (χ3v) is 5.35. The summed E-state index contributed by atoms with van der Waals surface area (Å²) in [5, 5.41) is 11.9. The van der Waals surface area contributed by atoms with Crippen LogP contribution in [0.3, 0.4) is 0 Å². The van der Waals surface area contributed by atoms with E-state index in [1.807, 2.05) is 23.1 Å². The SMILES string of the molecule is Cc1cc(N2CCN(C(=O)/C=C/c3ccc([N+](=O)[O-])cc3)CC2)nc2ccccc12. The molecule has 1 aromatic heterocycles. The minimum Gasteiger partial charge on any atom is -0.353 e. The van der Waals surface area contributed by atoms with Crippen LogP contribution in [0.4, 0.5) is 11.5 Å². The fraction of sp³-hybridized carbons (Fsp3) is 0.217. The van der Waals surface area contributed by atoms with Gasteiger partial charge >= 0.3 is 0 Å². The van der Waals surface area contributed by atoms with E-state index in [1.165, 1.54) is 23.8 Å². The van der Waals surface area contributed by atoms with Crippen LogP contribution in [-0.4, -0.2) is 46.9 Å². The summed E-state index contributed by atoms with van der Waals surface area (Å²) >= 11 is 0. The van der Waals surface area contributed by atoms with Crippen LogP contribution >= 0.6 is 0 Å². The highest BCUT2D eigenvalue weighted by atomic mass is 16.6. The first-order chi connectivity index (χ1) is 14.5. The Kier molecular flexibility index (Phi) is 5.43. The van der Waals surface area contributed by atoms with Gasteiger partial charge in [-0.05, 0) is 48.4 Å². The average molecular weight is 402 g/mol. The second-order valence-corrected chi connectivity index (χ2v) is 7.31. The first kappa shape index (κ1) is 19.6. The van der Waals surface area contributed by atoms with E-state index in [2.05, 4.69) is 24.0 Å². The number of carbonyl (C=O) groups is 1. The van der Waals surface area contributed by atoms with E-state index < -0.39 is 4.92 Å². The minimum absolute atomic E-state index is 0.0344. The Morgan fingerprint density at radius 3 is 2.47 bits per heavy atom. The van der Waals surface area contributed by atoms with Crippen molar-refractivity contribution in [3.8, 4) is 0 Å². The Morgan fingerprint density at radius 2 is 1.77 bits per heavy atom. The molecular formula is C23H22N4O3. The molecule has 1 saturated heterocycles. The molecule has 4 rings (SSSR count). The highest BCUT2D eigenvalue weighted by molar-refractivity contribution is 5.92. The standard InChI is InChI=1S/C23H22N4O3/c1-17-16-22(24-21-5-3-2-4-20(17)21)25-12-14-26(15-13-25)23(28)11-8-18-6-9-19(10-7-18)27(29)30/h2-11,16H,12-15H2,1H3/b11-8+. The number of piperazine rings is 1. The zero-order valence-corrected chi connectivity index (χ0v) is 16.7. The van der Waals surface area contributed by atoms with E-state index in [1.54, 1.807) is 18.2 Å². The monoisotopic (exact) mass is 402 g/mol. The van der Waals surface area contributed by atoms with Gasteiger partial charge in [-0.3, -0.25) is 14.9 Å². The second kappa shape index (κ2) is 8.32. The van der Waals surface area contributed by atoms with Gasteiger partial charge in [0.05, 0.1) is 10.4 Å². The Labute approximate surface area is 174 Å². The van der Waals surface area contributed by atoms with Crippen LogP contribution < -0.4 is 4.90 Å². The number of nitro benzene ring substituents is 1. The molecule has 0 radical (unpaired) electrons. The number of anilines is 1. The van der Waals surface area contributed by atoms with Gasteiger partial charge in [0, 0.05) is 49.8 Å². The number of non-ortho nitro benzene ring substituents is 1. The quantitative estimate of drug-likeness (QED) is 0.377. The van der Waals surface area contributed by atoms with Crippen LogP contribution in [0.1, 0.15) is 11.1 Å². The third kappa shape index (κ3) is 4.15. The molecule has 1 aliphatic heterocycles. The molecule has 2 aromatic carbocycles. The molecule has 1 amide bonds. The number of aromatic nitrogens is 1. The van der Waals surface area contributed by atoms with Crippen molar-refractivity contribution in [2.45, 2.75) is 6.92 Å². The van der Waals surface area contributed by atoms with Gasteiger partial charge in [0.1, 0.15) is 5.82 Å². The van der Waals surface area contributed by atoms with Crippen LogP contribution in [0.15, 0.2) is 60.7 Å². The molecule has 7 nitrogen and oxygen atoms in total. The Morgan fingerprint density at radius 1 is 1.07 bits per heavy atom. The third-order valence-electron chi connectivity index (χ3n) is 5.35. The number of benzene rings is 2. The number of amides is 1. The molecule has 7 heteroatoms. The number of aryl methyl sites for hydroxylation is 1. The van der Waals surface area contributed by atoms with Gasteiger partial charge in [-0.2, -0.15) is 0 Å². The number of hydrogen-bond acceptors (Lipinski definition) is 5. The normalized spacial score (nSPS) is 14.4. The molecule has 0 aliphatic carbocycles. The van der Waals surface area contributed by atoms with E-state index in [4.69, 9.17) is 4.98 Å². The van der Waals surface area contributed by atoms with Gasteiger partial charge in [0.25, 0.3) is 5.69 Å². The maximum Gasteiger partial charge on any atom is 0.269 e. The zero-order chi connectivity index (χ0) is 21.1. The summed E-state index contributed by atoms with van der Waals surface area (Å²) in [6, 6.07) is 16.3. The van der Waals surface area contributed by atoms with Gasteiger partial charge in [-0.25, -0.2) is 4.98 Å². The molecule has 0 saturated carbocycles. The first-order valence-corrected chi connectivity index (χ1v) is 9.84. The van der Waals surface area contributed by atoms with Crippen molar-refractivity contribution < 1.29 is 9.72 Å². The molecule has 1 aliphatic rings. The lowest BCUT2D eigenvalue weighted by molar-refractivity contribution is -0.384. The summed E-state index contributed by atoms with van der Waals surface area (Å²) in [6.45, 7) is 4.79. The molecular weight excluding hydrogens is 380 g/mol. The van der Waals surface area contributed by atoms with E-state index in [9.17, 15) is 14.9 Å². The number of carbonyl (C=O) groups excluding carboxylic acids is 1. The van der Waals surface area contributed by atoms with Gasteiger partial charge in [-0.1, -0.05) is 18.2 Å². The van der Waals surface area contributed by atoms with Crippen molar-refractivity contribution in [1.29, 1.82) is 0 Å². The molecule has 1 fully saturated rings. The second-order valence-electron chi connectivity index (χ2n) is 7.31. The number of fused-ring (bicyclic) bond motifs is 1. The Bertz CT molecular complexity index is 1120. The largest absolute Gasteiger partial charge is 0.353 e. The molecule has 30 heavy (non-hydrogen) atoms. The zero-order valence-electron chi connectivity index (χ0n) is 16.7. The lowest BCUT2D eigenvalue weighted by Crippen LogP contribution is -2.48. The fourth-order valence-corrected chi connectivity index (χ4v) is 3.63. The van der Waals surface area contributed by atoms with Crippen LogP contribution in [0.2, 0.25) is 0 Å². The number of rotatable bonds is 4. The van der Waals surface area contributed by atoms with Crippen molar-refractivity contribution in [3.05, 3.63) is 81.9 Å². The predicted molar refractivity (Wildman–Crippen MR) is 117 cm³/mol. The van der Waals surface area contributed by atoms with Crippen molar-refractivity contribution in [2.24, 2.45) is 0 Å². The van der Waals surface area contributed by atoms with E-state index >= 15 is 0 Å². The van der Waals surface area contributed by atoms with Crippen LogP contribution in [0.25, 0.3) is 17.0 Å². The van der Waals surface area contributed by atoms with Crippen molar-refractivity contribution in [3.63, 3.8) is 0 Å². The topological polar surface area (TPSA) is 79.6 Å². The van der Waals surface area contributed by atoms with E-state index in [0.29, 0.717) is 13.1 Å². The lowest BCUT2D eigenvalue weighted by atomic mass is 10.1. The molecule has 2 heterocycles. The molecule has 0 spiro atoms. The number of pyridine rings is 1. The number of hydrogen-bond donors (Lipinski definition) is 0. The predicted octanol–water partition coefficient (Wildman–Crippen LogP) is 3.81. The molecule has 3 aromatic rings. The van der Waals surface area contributed by atoms with Crippen molar-refractivity contribution in [1.82, 2.24) is 9.88 Å². The van der Waals surface area contributed by atoms with Crippen LogP contribution in [0.5, 0.6) is 0 Å². The molecule has 0 bridgehead atoms. The first-order valence-electron chi connectivity index (χ1n) is 9.84. The lowest BCUT2D eigenvalue weighted by Gasteiger charge is -2.35. The summed E-state index contributed by atoms with van der Waals surface area (Å²) in [5.41, 5.74) is 2.97.